The van der Waals surface area contributed by atoms with Crippen LogP contribution in [0.1, 0.15) is 62.5 Å². The molecule has 41 heavy (non-hydrogen) atoms. The van der Waals surface area contributed by atoms with Crippen molar-refractivity contribution in [2.45, 2.75) is 90.1 Å². The Morgan fingerprint density at radius 2 is 1.56 bits per heavy atom. The number of ether oxygens (including phenoxy) is 1. The van der Waals surface area contributed by atoms with Crippen LogP contribution in [0.5, 0.6) is 11.5 Å². The average Bonchev–Trinajstić information content (AvgIpc) is 2.92. The molecule has 2 aromatic carbocycles. The first-order valence-electron chi connectivity index (χ1n) is 15.2. The zero-order chi connectivity index (χ0) is 30.0. The number of aromatic hydroxyl groups is 1. The molecule has 2 N–H and O–H groups in total. The van der Waals surface area contributed by atoms with Crippen LogP contribution in [0.25, 0.3) is 5.57 Å². The fraction of sp³-hybridized carbons (Fsp3) is 0.515. The molecule has 8 heteroatoms. The predicted octanol–water partition coefficient (Wildman–Crippen LogP) is 8.20. The van der Waals surface area contributed by atoms with Crippen molar-refractivity contribution in [3.8, 4) is 11.5 Å². The summed E-state index contributed by atoms with van der Waals surface area (Å²) >= 11 is 0. The second-order valence-corrected chi connectivity index (χ2v) is 21.3. The maximum Gasteiger partial charge on any atom is 0.173 e. The molecular weight excluding hydrogens is 545 g/mol. The number of carbonyl (C=O) groups excluding carboxylic acids is 1. The van der Waals surface area contributed by atoms with Crippen LogP contribution in [0.2, 0.25) is 38.8 Å². The van der Waals surface area contributed by atoms with Gasteiger partial charge in [-0.2, -0.15) is 0 Å². The minimum atomic E-state index is -1.48. The molecule has 0 saturated carbocycles. The molecular formula is C33H52N2O4Si2. The van der Waals surface area contributed by atoms with Crippen molar-refractivity contribution in [1.29, 1.82) is 0 Å². The lowest BCUT2D eigenvalue weighted by molar-refractivity contribution is -0.103. The number of hydrogen-bond donors (Lipinski definition) is 2. The van der Waals surface area contributed by atoms with Crippen LogP contribution < -0.4 is 10.1 Å². The Morgan fingerprint density at radius 3 is 2.22 bits per heavy atom. The van der Waals surface area contributed by atoms with E-state index < -0.39 is 16.6 Å². The third-order valence-electron chi connectivity index (χ3n) is 6.63. The summed E-state index contributed by atoms with van der Waals surface area (Å²) in [5, 5.41) is 13.3. The summed E-state index contributed by atoms with van der Waals surface area (Å²) in [4.78, 5) is 15.7. The van der Waals surface area contributed by atoms with Crippen molar-refractivity contribution < 1.29 is 18.8 Å². The lowest BCUT2D eigenvalue weighted by Gasteiger charge is -2.31. The van der Waals surface area contributed by atoms with Gasteiger partial charge >= 0.3 is 0 Å². The Kier molecular flexibility index (Phi) is 15.7. The third-order valence-corrected chi connectivity index (χ3v) is 12.8. The molecule has 0 aromatic heterocycles. The number of benzene rings is 2. The van der Waals surface area contributed by atoms with Gasteiger partial charge < -0.3 is 19.3 Å². The molecule has 0 spiro atoms. The minimum Gasteiger partial charge on any atom is -0.507 e. The number of phenols is 1. The molecule has 0 bridgehead atoms. The highest BCUT2D eigenvalue weighted by Crippen LogP contribution is 2.23. The van der Waals surface area contributed by atoms with Gasteiger partial charge in [-0.15, -0.1) is 0 Å². The number of carbonyl (C=O) groups is 1. The number of aliphatic imine (C=N–C) groups is 1. The molecule has 0 heterocycles. The number of allylic oxidation sites excluding steroid dienone is 1. The quantitative estimate of drug-likeness (QED) is 0.0499. The maximum absolute atomic E-state index is 11.3. The summed E-state index contributed by atoms with van der Waals surface area (Å²) in [7, 11) is -2.89. The third kappa shape index (κ3) is 15.8. The van der Waals surface area contributed by atoms with Crippen LogP contribution in [0, 0.1) is 0 Å². The number of unbranched alkanes of at least 4 members (excludes halogenated alkanes) is 7. The molecule has 0 amide bonds. The van der Waals surface area contributed by atoms with Gasteiger partial charge in [0.25, 0.3) is 0 Å². The highest BCUT2D eigenvalue weighted by atomic mass is 28.4. The molecule has 0 aliphatic rings. The van der Waals surface area contributed by atoms with Gasteiger partial charge in [-0.05, 0) is 69.0 Å². The van der Waals surface area contributed by atoms with Gasteiger partial charge in [0.2, 0.25) is 0 Å². The number of phenolic OH excluding ortho intramolecular Hbond substituents is 1. The van der Waals surface area contributed by atoms with Crippen LogP contribution in [0.4, 0.5) is 0 Å². The Bertz CT molecular complexity index is 1080. The lowest BCUT2D eigenvalue weighted by atomic mass is 10.1. The van der Waals surface area contributed by atoms with Crippen LogP contribution in [0.3, 0.4) is 0 Å². The number of nitrogens with one attached hydrogen (secondary N) is 1. The number of nitrogens with zero attached hydrogens (tertiary/aromatic N) is 1. The minimum absolute atomic E-state index is 0.177. The van der Waals surface area contributed by atoms with Gasteiger partial charge in [-0.1, -0.05) is 75.3 Å². The number of aldehydes is 1. The summed E-state index contributed by atoms with van der Waals surface area (Å²) in [5.41, 5.74) is 2.10. The highest BCUT2D eigenvalue weighted by molar-refractivity contribution is 6.84. The first-order valence-corrected chi connectivity index (χ1v) is 21.7. The van der Waals surface area contributed by atoms with E-state index in [9.17, 15) is 9.90 Å². The van der Waals surface area contributed by atoms with E-state index in [4.69, 9.17) is 8.85 Å². The molecule has 2 rings (SSSR count). The standard InChI is InChI=1S/C33H52N2O4Si2/c1-40(2,3)39-41(4,5)24-16-11-9-7-6-8-10-15-23-38-32-19-20-33(37)30(25-32)26-34-21-22-35-27-31(28-36)29-17-13-12-14-18-29/h12-14,17-20,25-28,35,37H,6-11,15-16,21-24H2,1-5H3. The topological polar surface area (TPSA) is 80.2 Å². The predicted molar refractivity (Wildman–Crippen MR) is 178 cm³/mol. The molecule has 0 aliphatic carbocycles. The molecule has 0 aliphatic heterocycles. The van der Waals surface area contributed by atoms with Crippen molar-refractivity contribution in [2.24, 2.45) is 4.99 Å². The van der Waals surface area contributed by atoms with E-state index in [-0.39, 0.29) is 5.75 Å². The lowest BCUT2D eigenvalue weighted by Crippen LogP contribution is -2.42. The molecule has 0 unspecified atom stereocenters. The first kappa shape index (κ1) is 34.5. The summed E-state index contributed by atoms with van der Waals surface area (Å²) in [5.74, 6) is 0.920. The summed E-state index contributed by atoms with van der Waals surface area (Å²) in [6, 6.07) is 16.1. The SMILES string of the molecule is C[Si](C)(C)O[Si](C)(C)CCCCCCCCCCOc1ccc(O)c(C=NCCNC=C(C=O)c2ccccc2)c1. The number of rotatable bonds is 21. The second kappa shape index (κ2) is 18.7. The van der Waals surface area contributed by atoms with Crippen LogP contribution >= 0.6 is 0 Å². The summed E-state index contributed by atoms with van der Waals surface area (Å²) < 4.78 is 12.4. The van der Waals surface area contributed by atoms with Gasteiger partial charge in [-0.3, -0.25) is 9.79 Å². The zero-order valence-electron chi connectivity index (χ0n) is 26.0. The van der Waals surface area contributed by atoms with Crippen molar-refractivity contribution >= 4 is 34.7 Å². The van der Waals surface area contributed by atoms with Crippen LogP contribution in [-0.4, -0.2) is 53.9 Å². The van der Waals surface area contributed by atoms with Crippen molar-refractivity contribution in [2.75, 3.05) is 19.7 Å². The van der Waals surface area contributed by atoms with Crippen molar-refractivity contribution in [1.82, 2.24) is 5.32 Å². The molecule has 0 saturated heterocycles. The molecule has 0 radical (unpaired) electrons. The van der Waals surface area contributed by atoms with Gasteiger partial charge in [0, 0.05) is 30.1 Å². The van der Waals surface area contributed by atoms with E-state index in [0.717, 1.165) is 24.0 Å². The van der Waals surface area contributed by atoms with E-state index in [1.54, 1.807) is 24.5 Å². The van der Waals surface area contributed by atoms with Crippen molar-refractivity contribution in [3.63, 3.8) is 0 Å². The van der Waals surface area contributed by atoms with Crippen molar-refractivity contribution in [3.05, 3.63) is 65.9 Å². The number of hydrogen-bond acceptors (Lipinski definition) is 6. The highest BCUT2D eigenvalue weighted by Gasteiger charge is 2.28. The van der Waals surface area contributed by atoms with Crippen LogP contribution in [-0.2, 0) is 8.91 Å². The van der Waals surface area contributed by atoms with E-state index >= 15 is 0 Å². The second-order valence-electron chi connectivity index (χ2n) is 12.2. The molecule has 2 aromatic rings. The molecule has 0 fully saturated rings. The zero-order valence-corrected chi connectivity index (χ0v) is 28.0. The van der Waals surface area contributed by atoms with E-state index in [0.29, 0.717) is 30.8 Å². The Morgan fingerprint density at radius 1 is 0.902 bits per heavy atom. The van der Waals surface area contributed by atoms with Gasteiger partial charge in [0.15, 0.2) is 22.9 Å². The smallest absolute Gasteiger partial charge is 0.173 e. The summed E-state index contributed by atoms with van der Waals surface area (Å²) in [6.07, 6.45) is 14.2. The average molecular weight is 597 g/mol. The molecule has 226 valence electrons. The Labute approximate surface area is 250 Å². The van der Waals surface area contributed by atoms with Gasteiger partial charge in [-0.25, -0.2) is 0 Å². The summed E-state index contributed by atoms with van der Waals surface area (Å²) in [6.45, 7) is 13.4. The van der Waals surface area contributed by atoms with E-state index in [1.807, 2.05) is 36.4 Å². The van der Waals surface area contributed by atoms with E-state index in [1.165, 1.54) is 51.0 Å². The Balaban J connectivity index is 1.57. The largest absolute Gasteiger partial charge is 0.507 e. The fourth-order valence-electron chi connectivity index (χ4n) is 4.80. The first-order chi connectivity index (χ1) is 19.6. The fourth-order valence-corrected chi connectivity index (χ4v) is 12.9. The molecule has 6 nitrogen and oxygen atoms in total. The van der Waals surface area contributed by atoms with Crippen LogP contribution in [0.15, 0.2) is 59.7 Å². The van der Waals surface area contributed by atoms with Gasteiger partial charge in [0.1, 0.15) is 11.5 Å². The Hall–Kier alpha value is -2.69. The molecule has 0 atom stereocenters. The van der Waals surface area contributed by atoms with Gasteiger partial charge in [0.05, 0.1) is 13.2 Å². The maximum atomic E-state index is 11.3. The monoisotopic (exact) mass is 596 g/mol. The normalized spacial score (nSPS) is 12.6. The van der Waals surface area contributed by atoms with E-state index in [2.05, 4.69) is 43.0 Å².